The number of methoxy groups -OCH3 is 1. The highest BCUT2D eigenvalue weighted by atomic mass is 16.5. The van der Waals surface area contributed by atoms with Crippen LogP contribution in [0.4, 0.5) is 5.82 Å². The van der Waals surface area contributed by atoms with Gasteiger partial charge >= 0.3 is 0 Å². The lowest BCUT2D eigenvalue weighted by molar-refractivity contribution is 0.415. The van der Waals surface area contributed by atoms with Crippen molar-refractivity contribution in [2.24, 2.45) is 0 Å². The number of hydrogen-bond acceptors (Lipinski definition) is 4. The molecule has 0 spiro atoms. The smallest absolute Gasteiger partial charge is 0.133 e. The van der Waals surface area contributed by atoms with Crippen molar-refractivity contribution in [3.05, 3.63) is 35.7 Å². The zero-order valence-electron chi connectivity index (χ0n) is 13.4. The van der Waals surface area contributed by atoms with Crippen molar-refractivity contribution in [2.45, 2.75) is 33.6 Å². The highest BCUT2D eigenvalue weighted by molar-refractivity contribution is 5.68. The van der Waals surface area contributed by atoms with Gasteiger partial charge < -0.3 is 10.1 Å². The topological polar surface area (TPSA) is 47.0 Å². The summed E-state index contributed by atoms with van der Waals surface area (Å²) in [7, 11) is 1.67. The van der Waals surface area contributed by atoms with Gasteiger partial charge in [-0.3, -0.25) is 0 Å². The first-order valence-corrected chi connectivity index (χ1v) is 7.33. The third kappa shape index (κ3) is 3.32. The predicted octanol–water partition coefficient (Wildman–Crippen LogP) is 4.02. The molecule has 0 unspecified atom stereocenters. The van der Waals surface area contributed by atoms with Crippen molar-refractivity contribution in [3.8, 4) is 17.0 Å². The fourth-order valence-electron chi connectivity index (χ4n) is 2.16. The van der Waals surface area contributed by atoms with Crippen LogP contribution in [0, 0.1) is 6.92 Å². The molecule has 0 amide bonds. The summed E-state index contributed by atoms with van der Waals surface area (Å²) in [4.78, 5) is 9.38. The first-order chi connectivity index (χ1) is 10.1. The van der Waals surface area contributed by atoms with Crippen molar-refractivity contribution in [1.82, 2.24) is 9.97 Å². The molecule has 4 nitrogen and oxygen atoms in total. The maximum Gasteiger partial charge on any atom is 0.133 e. The Morgan fingerprint density at radius 1 is 1.14 bits per heavy atom. The van der Waals surface area contributed by atoms with Crippen LogP contribution in [0.5, 0.6) is 5.75 Å². The molecule has 21 heavy (non-hydrogen) atoms. The van der Waals surface area contributed by atoms with Crippen LogP contribution in [0.25, 0.3) is 11.3 Å². The van der Waals surface area contributed by atoms with E-state index in [-0.39, 0.29) is 0 Å². The highest BCUT2D eigenvalue weighted by Crippen LogP contribution is 2.28. The second-order valence-corrected chi connectivity index (χ2v) is 5.32. The monoisotopic (exact) mass is 285 g/mol. The standard InChI is InChI=1S/C17H23N3O/c1-6-18-17-12(4)15(19-16(20-17)11(2)3)13-7-9-14(21-5)10-8-13/h7-11H,6H2,1-5H3,(H,18,19,20). The van der Waals surface area contributed by atoms with E-state index in [1.165, 1.54) is 0 Å². The highest BCUT2D eigenvalue weighted by Gasteiger charge is 2.14. The molecule has 2 rings (SSSR count). The Kier molecular flexibility index (Phi) is 4.78. The Balaban J connectivity index is 2.54. The van der Waals surface area contributed by atoms with Crippen LogP contribution < -0.4 is 10.1 Å². The molecule has 0 aliphatic rings. The molecule has 112 valence electrons. The van der Waals surface area contributed by atoms with Gasteiger partial charge in [0.05, 0.1) is 12.8 Å². The Morgan fingerprint density at radius 3 is 2.33 bits per heavy atom. The quantitative estimate of drug-likeness (QED) is 0.901. The van der Waals surface area contributed by atoms with E-state index in [2.05, 4.69) is 38.0 Å². The third-order valence-electron chi connectivity index (χ3n) is 3.39. The Labute approximate surface area is 126 Å². The Hall–Kier alpha value is -2.10. The van der Waals surface area contributed by atoms with Crippen LogP contribution in [0.15, 0.2) is 24.3 Å². The molecule has 0 aliphatic heterocycles. The summed E-state index contributed by atoms with van der Waals surface area (Å²) in [5.41, 5.74) is 3.13. The number of benzene rings is 1. The number of aromatic nitrogens is 2. The molecular weight excluding hydrogens is 262 g/mol. The van der Waals surface area contributed by atoms with E-state index in [1.807, 2.05) is 24.3 Å². The fraction of sp³-hybridized carbons (Fsp3) is 0.412. The lowest BCUT2D eigenvalue weighted by Gasteiger charge is -2.15. The van der Waals surface area contributed by atoms with Gasteiger partial charge in [-0.05, 0) is 38.1 Å². The summed E-state index contributed by atoms with van der Waals surface area (Å²) in [5.74, 6) is 2.92. The van der Waals surface area contributed by atoms with Crippen molar-refractivity contribution >= 4 is 5.82 Å². The van der Waals surface area contributed by atoms with Crippen LogP contribution in [0.2, 0.25) is 0 Å². The van der Waals surface area contributed by atoms with E-state index in [9.17, 15) is 0 Å². The first kappa shape index (κ1) is 15.3. The summed E-state index contributed by atoms with van der Waals surface area (Å²) in [6, 6.07) is 7.99. The van der Waals surface area contributed by atoms with Crippen LogP contribution in [0.3, 0.4) is 0 Å². The average Bonchev–Trinajstić information content (AvgIpc) is 2.49. The summed E-state index contributed by atoms with van der Waals surface area (Å²) in [6.07, 6.45) is 0. The molecule has 1 aromatic heterocycles. The van der Waals surface area contributed by atoms with Crippen LogP contribution in [0.1, 0.15) is 38.1 Å². The molecule has 1 heterocycles. The molecule has 0 bridgehead atoms. The molecular formula is C17H23N3O. The van der Waals surface area contributed by atoms with E-state index >= 15 is 0 Å². The van der Waals surface area contributed by atoms with Crippen molar-refractivity contribution in [1.29, 1.82) is 0 Å². The number of ether oxygens (including phenoxy) is 1. The maximum atomic E-state index is 5.21. The van der Waals surface area contributed by atoms with Gasteiger partial charge in [0, 0.05) is 23.6 Å². The van der Waals surface area contributed by atoms with Gasteiger partial charge in [0.15, 0.2) is 0 Å². The summed E-state index contributed by atoms with van der Waals surface area (Å²) >= 11 is 0. The van der Waals surface area contributed by atoms with Crippen molar-refractivity contribution in [3.63, 3.8) is 0 Å². The summed E-state index contributed by atoms with van der Waals surface area (Å²) in [5, 5.41) is 3.33. The summed E-state index contributed by atoms with van der Waals surface area (Å²) in [6.45, 7) is 9.19. The lowest BCUT2D eigenvalue weighted by atomic mass is 10.1. The molecule has 0 saturated heterocycles. The van der Waals surface area contributed by atoms with E-state index in [0.717, 1.165) is 40.8 Å². The second-order valence-electron chi connectivity index (χ2n) is 5.32. The van der Waals surface area contributed by atoms with Gasteiger partial charge in [0.1, 0.15) is 17.4 Å². The minimum atomic E-state index is 0.292. The second kappa shape index (κ2) is 6.57. The average molecular weight is 285 g/mol. The number of hydrogen-bond donors (Lipinski definition) is 1. The molecule has 0 radical (unpaired) electrons. The molecule has 4 heteroatoms. The van der Waals surface area contributed by atoms with E-state index in [0.29, 0.717) is 5.92 Å². The van der Waals surface area contributed by atoms with Crippen molar-refractivity contribution in [2.75, 3.05) is 19.0 Å². The van der Waals surface area contributed by atoms with Gasteiger partial charge in [-0.15, -0.1) is 0 Å². The molecule has 0 atom stereocenters. The Morgan fingerprint density at radius 2 is 1.81 bits per heavy atom. The van der Waals surface area contributed by atoms with E-state index < -0.39 is 0 Å². The van der Waals surface area contributed by atoms with Crippen LogP contribution >= 0.6 is 0 Å². The minimum Gasteiger partial charge on any atom is -0.497 e. The van der Waals surface area contributed by atoms with Crippen LogP contribution in [-0.4, -0.2) is 23.6 Å². The lowest BCUT2D eigenvalue weighted by Crippen LogP contribution is -2.08. The van der Waals surface area contributed by atoms with Gasteiger partial charge in [-0.2, -0.15) is 0 Å². The van der Waals surface area contributed by atoms with Crippen molar-refractivity contribution < 1.29 is 4.74 Å². The predicted molar refractivity (Wildman–Crippen MR) is 87.0 cm³/mol. The normalized spacial score (nSPS) is 10.8. The number of nitrogens with one attached hydrogen (secondary N) is 1. The number of nitrogens with zero attached hydrogens (tertiary/aromatic N) is 2. The van der Waals surface area contributed by atoms with Gasteiger partial charge in [-0.1, -0.05) is 13.8 Å². The SMILES string of the molecule is CCNc1nc(C(C)C)nc(-c2ccc(OC)cc2)c1C. The van der Waals surface area contributed by atoms with Gasteiger partial charge in [0.25, 0.3) is 0 Å². The molecule has 0 saturated carbocycles. The molecule has 2 aromatic rings. The minimum absolute atomic E-state index is 0.292. The van der Waals surface area contributed by atoms with Crippen LogP contribution in [-0.2, 0) is 0 Å². The fourth-order valence-corrected chi connectivity index (χ4v) is 2.16. The molecule has 1 aromatic carbocycles. The number of rotatable bonds is 5. The molecule has 1 N–H and O–H groups in total. The van der Waals surface area contributed by atoms with E-state index in [4.69, 9.17) is 9.72 Å². The maximum absolute atomic E-state index is 5.21. The molecule has 0 fully saturated rings. The zero-order valence-corrected chi connectivity index (χ0v) is 13.4. The first-order valence-electron chi connectivity index (χ1n) is 7.33. The summed E-state index contributed by atoms with van der Waals surface area (Å²) < 4.78 is 5.21. The Bertz CT molecular complexity index is 606. The molecule has 0 aliphatic carbocycles. The third-order valence-corrected chi connectivity index (χ3v) is 3.39. The zero-order chi connectivity index (χ0) is 15.4. The largest absolute Gasteiger partial charge is 0.497 e. The van der Waals surface area contributed by atoms with Gasteiger partial charge in [-0.25, -0.2) is 9.97 Å². The van der Waals surface area contributed by atoms with E-state index in [1.54, 1.807) is 7.11 Å². The van der Waals surface area contributed by atoms with Gasteiger partial charge in [0.2, 0.25) is 0 Å². The number of anilines is 1.